The predicted octanol–water partition coefficient (Wildman–Crippen LogP) is 2.57. The zero-order chi connectivity index (χ0) is 35.0. The number of hydrogen-bond donors (Lipinski definition) is 5. The number of imidazole rings is 1. The van der Waals surface area contributed by atoms with Crippen molar-refractivity contribution in [2.45, 2.75) is 43.3 Å². The summed E-state index contributed by atoms with van der Waals surface area (Å²) in [4.78, 5) is 44.3. The molecule has 2 aliphatic heterocycles. The maximum absolute atomic E-state index is 13.8. The van der Waals surface area contributed by atoms with Gasteiger partial charge in [0.1, 0.15) is 0 Å². The Kier molecular flexibility index (Phi) is 8.10. The summed E-state index contributed by atoms with van der Waals surface area (Å²) in [5.41, 5.74) is -1.46. The molecule has 0 spiro atoms. The average molecular weight is 712 g/mol. The predicted molar refractivity (Wildman–Crippen MR) is 163 cm³/mol. The lowest BCUT2D eigenvalue weighted by molar-refractivity contribution is -0.141. The molecular weight excluding hydrogens is 681 g/mol. The van der Waals surface area contributed by atoms with Gasteiger partial charge in [0.15, 0.2) is 11.5 Å². The number of hydrogen-bond acceptors (Lipinski definition) is 7. The van der Waals surface area contributed by atoms with Crippen molar-refractivity contribution < 1.29 is 41.4 Å². The highest BCUT2D eigenvalue weighted by atomic mass is 35.5. The standard InChI is InChI=1S/C30H31ClF5N9O4/c1-43-21(18-12-45(9-13-5-29(13,32)33)42-24(18)30(34,35)36)7-38-25(43)27(48)39-14-2-3-15(19(31)4-14)26(47)41-23-16-10-44(11-17(16)23)28(49)40-20-6-37-8-22(20)46/h2-4,7,12-13,16-17,20,22-23,37,46H,5-6,8-11H2,1H3,(H,39,48)(H,40,49)(H,41,47)/t13?,16-,17+,20-,22-,23+/m1/s1. The van der Waals surface area contributed by atoms with Crippen LogP contribution in [0.25, 0.3) is 11.3 Å². The van der Waals surface area contributed by atoms with Crippen LogP contribution in [0.1, 0.15) is 33.1 Å². The van der Waals surface area contributed by atoms with Gasteiger partial charge in [-0.3, -0.25) is 14.3 Å². The van der Waals surface area contributed by atoms with E-state index in [-0.39, 0.29) is 64.3 Å². The molecule has 2 saturated heterocycles. The van der Waals surface area contributed by atoms with E-state index in [0.717, 1.165) is 21.6 Å². The molecule has 2 saturated carbocycles. The number of β-amino-alcohol motifs (C(OH)–C–C–N with tert-alkyl or cyclic N) is 1. The van der Waals surface area contributed by atoms with E-state index < -0.39 is 53.6 Å². The van der Waals surface area contributed by atoms with Gasteiger partial charge in [0.25, 0.3) is 17.7 Å². The van der Waals surface area contributed by atoms with Gasteiger partial charge >= 0.3 is 12.2 Å². The van der Waals surface area contributed by atoms with Gasteiger partial charge in [-0.2, -0.15) is 18.3 Å². The SMILES string of the molecule is Cn1c(-c2cn(CC3CC3(F)F)nc2C(F)(F)F)cnc1C(=O)Nc1ccc(C(=O)N[C@H]2[C@@H]3CN(C(=O)N[C@@H]4CNC[C@H]4O)C[C@@H]32)c(Cl)c1. The second-order valence-electron chi connectivity index (χ2n) is 13.0. The summed E-state index contributed by atoms with van der Waals surface area (Å²) in [6.07, 6.45) is -3.88. The number of benzene rings is 1. The van der Waals surface area contributed by atoms with Crippen LogP contribution in [0.5, 0.6) is 0 Å². The van der Waals surface area contributed by atoms with Crippen LogP contribution in [0.4, 0.5) is 32.4 Å². The van der Waals surface area contributed by atoms with Crippen molar-refractivity contribution >= 4 is 35.1 Å². The van der Waals surface area contributed by atoms with Crippen LogP contribution >= 0.6 is 11.6 Å². The van der Waals surface area contributed by atoms with E-state index >= 15 is 0 Å². The third-order valence-electron chi connectivity index (χ3n) is 9.60. The number of halogens is 6. The highest BCUT2D eigenvalue weighted by Gasteiger charge is 2.58. The number of aliphatic hydroxyl groups excluding tert-OH is 1. The lowest BCUT2D eigenvalue weighted by Crippen LogP contribution is -2.49. The van der Waals surface area contributed by atoms with E-state index in [1.54, 1.807) is 4.90 Å². The van der Waals surface area contributed by atoms with Gasteiger partial charge < -0.3 is 35.8 Å². The topological polar surface area (TPSA) is 158 Å². The zero-order valence-corrected chi connectivity index (χ0v) is 26.5. The van der Waals surface area contributed by atoms with Gasteiger partial charge in [0.2, 0.25) is 0 Å². The van der Waals surface area contributed by atoms with E-state index in [1.807, 2.05) is 0 Å². The van der Waals surface area contributed by atoms with Crippen molar-refractivity contribution in [3.63, 3.8) is 0 Å². The number of alkyl halides is 5. The number of rotatable bonds is 8. The molecule has 4 amide bonds. The van der Waals surface area contributed by atoms with Crippen LogP contribution in [0.3, 0.4) is 0 Å². The summed E-state index contributed by atoms with van der Waals surface area (Å²) in [7, 11) is 1.33. The number of fused-ring (bicyclic) bond motifs is 1. The number of aliphatic hydroxyl groups is 1. The maximum Gasteiger partial charge on any atom is 0.435 e. The Labute approximate surface area is 280 Å². The number of urea groups is 1. The first-order valence-corrected chi connectivity index (χ1v) is 15.9. The molecule has 0 bridgehead atoms. The fourth-order valence-electron chi connectivity index (χ4n) is 6.64. The molecule has 4 fully saturated rings. The van der Waals surface area contributed by atoms with Crippen molar-refractivity contribution in [2.24, 2.45) is 24.8 Å². The lowest BCUT2D eigenvalue weighted by atomic mass is 10.2. The number of carbonyl (C=O) groups is 3. The Morgan fingerprint density at radius 2 is 1.84 bits per heavy atom. The third kappa shape index (κ3) is 6.43. The molecule has 3 aromatic rings. The van der Waals surface area contributed by atoms with Crippen molar-refractivity contribution in [1.29, 1.82) is 0 Å². The Morgan fingerprint density at radius 3 is 2.45 bits per heavy atom. The first-order chi connectivity index (χ1) is 23.1. The average Bonchev–Trinajstić information content (AvgIpc) is 3.46. The Bertz CT molecular complexity index is 1820. The lowest BCUT2D eigenvalue weighted by Gasteiger charge is -2.24. The van der Waals surface area contributed by atoms with Crippen LogP contribution in [0.2, 0.25) is 5.02 Å². The van der Waals surface area contributed by atoms with Crippen LogP contribution < -0.4 is 21.3 Å². The molecule has 4 heterocycles. The van der Waals surface area contributed by atoms with Gasteiger partial charge in [-0.15, -0.1) is 0 Å². The van der Waals surface area contributed by atoms with Crippen LogP contribution in [0, 0.1) is 17.8 Å². The summed E-state index contributed by atoms with van der Waals surface area (Å²) in [5, 5.41) is 24.8. The van der Waals surface area contributed by atoms with Crippen molar-refractivity contribution in [2.75, 3.05) is 31.5 Å². The summed E-state index contributed by atoms with van der Waals surface area (Å²) in [6.45, 7) is 1.45. The molecule has 2 aliphatic carbocycles. The molecule has 0 radical (unpaired) electrons. The number of aromatic nitrogens is 4. The third-order valence-corrected chi connectivity index (χ3v) is 9.91. The molecule has 1 unspecified atom stereocenters. The number of nitrogens with one attached hydrogen (secondary N) is 4. The van der Waals surface area contributed by atoms with Crippen molar-refractivity contribution in [1.82, 2.24) is 40.2 Å². The molecule has 5 N–H and O–H groups in total. The minimum Gasteiger partial charge on any atom is -0.390 e. The second kappa shape index (κ2) is 11.9. The summed E-state index contributed by atoms with van der Waals surface area (Å²) < 4.78 is 70.2. The fourth-order valence-corrected chi connectivity index (χ4v) is 6.90. The molecule has 4 aliphatic rings. The van der Waals surface area contributed by atoms with Crippen LogP contribution in [-0.4, -0.2) is 97.5 Å². The van der Waals surface area contributed by atoms with Crippen LogP contribution in [0.15, 0.2) is 30.6 Å². The Hall–Kier alpha value is -4.29. The van der Waals surface area contributed by atoms with Crippen molar-refractivity contribution in [3.8, 4) is 11.3 Å². The summed E-state index contributed by atoms with van der Waals surface area (Å²) in [5.74, 6) is -5.32. The van der Waals surface area contributed by atoms with E-state index in [9.17, 15) is 41.4 Å². The van der Waals surface area contributed by atoms with E-state index in [2.05, 4.69) is 31.3 Å². The smallest absolute Gasteiger partial charge is 0.390 e. The van der Waals surface area contributed by atoms with Crippen molar-refractivity contribution in [3.05, 3.63) is 52.7 Å². The summed E-state index contributed by atoms with van der Waals surface area (Å²) in [6, 6.07) is 3.47. The highest BCUT2D eigenvalue weighted by molar-refractivity contribution is 6.34. The quantitative estimate of drug-likeness (QED) is 0.225. The fraction of sp³-hybridized carbons (Fsp3) is 0.500. The molecular formula is C30H31ClF5N9O4. The van der Waals surface area contributed by atoms with Crippen LogP contribution in [-0.2, 0) is 19.8 Å². The van der Waals surface area contributed by atoms with Gasteiger partial charge in [-0.05, 0) is 18.2 Å². The summed E-state index contributed by atoms with van der Waals surface area (Å²) >= 11 is 6.39. The molecule has 13 nitrogen and oxygen atoms in total. The van der Waals surface area contributed by atoms with Gasteiger partial charge in [0.05, 0.1) is 40.2 Å². The van der Waals surface area contributed by atoms with Gasteiger partial charge in [0, 0.05) is 81.9 Å². The molecule has 6 atom stereocenters. The van der Waals surface area contributed by atoms with Gasteiger partial charge in [-0.1, -0.05) is 11.6 Å². The maximum atomic E-state index is 13.8. The second-order valence-corrected chi connectivity index (χ2v) is 13.4. The number of anilines is 1. The van der Waals surface area contributed by atoms with E-state index in [1.165, 1.54) is 25.2 Å². The number of nitrogens with zero attached hydrogens (tertiary/aromatic N) is 5. The monoisotopic (exact) mass is 711 g/mol. The first-order valence-electron chi connectivity index (χ1n) is 15.5. The molecule has 1 aromatic carbocycles. The number of carbonyl (C=O) groups excluding carboxylic acids is 3. The number of piperidine rings is 1. The Morgan fingerprint density at radius 1 is 1.12 bits per heavy atom. The normalized spacial score (nSPS) is 26.7. The molecule has 7 rings (SSSR count). The highest BCUT2D eigenvalue weighted by Crippen LogP contribution is 2.50. The van der Waals surface area contributed by atoms with E-state index in [0.29, 0.717) is 26.2 Å². The van der Waals surface area contributed by atoms with E-state index in [4.69, 9.17) is 11.6 Å². The first kappa shape index (κ1) is 33.2. The minimum absolute atomic E-state index is 0.0369. The number of amides is 4. The Balaban J connectivity index is 0.961. The largest absolute Gasteiger partial charge is 0.435 e. The zero-order valence-electron chi connectivity index (χ0n) is 25.8. The molecule has 19 heteroatoms. The minimum atomic E-state index is -4.89. The molecule has 262 valence electrons. The molecule has 2 aromatic heterocycles. The molecule has 49 heavy (non-hydrogen) atoms. The van der Waals surface area contributed by atoms with Gasteiger partial charge in [-0.25, -0.2) is 18.6 Å². The number of likely N-dealkylation sites (tertiary alicyclic amines) is 1.